The molecule has 57 heavy (non-hydrogen) atoms. The summed E-state index contributed by atoms with van der Waals surface area (Å²) < 4.78 is 8.40. The molecule has 10 nitrogen and oxygen atoms in total. The Labute approximate surface area is 339 Å². The fraction of sp³-hybridized carbons (Fsp3) is 0.413. The third kappa shape index (κ3) is 8.49. The summed E-state index contributed by atoms with van der Waals surface area (Å²) in [7, 11) is 0. The Bertz CT molecular complexity index is 2300. The molecule has 1 atom stereocenters. The van der Waals surface area contributed by atoms with Crippen LogP contribution in [0.5, 0.6) is 5.75 Å². The number of nitrogens with one attached hydrogen (secondary N) is 1. The number of nitriles is 1. The van der Waals surface area contributed by atoms with Crippen LogP contribution in [0, 0.1) is 48.9 Å². The van der Waals surface area contributed by atoms with Crippen LogP contribution in [0.15, 0.2) is 60.7 Å². The molecule has 2 saturated heterocycles. The van der Waals surface area contributed by atoms with Crippen LogP contribution in [0.3, 0.4) is 0 Å². The lowest BCUT2D eigenvalue weighted by Crippen LogP contribution is -2.52. The van der Waals surface area contributed by atoms with Crippen LogP contribution in [0.1, 0.15) is 95.2 Å². The Morgan fingerprint density at radius 1 is 0.930 bits per heavy atom. The second-order valence-electron chi connectivity index (χ2n) is 16.0. The van der Waals surface area contributed by atoms with Crippen LogP contribution in [0.2, 0.25) is 5.02 Å². The van der Waals surface area contributed by atoms with Gasteiger partial charge in [0.25, 0.3) is 5.91 Å². The van der Waals surface area contributed by atoms with Gasteiger partial charge < -0.3 is 14.5 Å². The first-order chi connectivity index (χ1) is 27.6. The molecule has 3 aliphatic heterocycles. The Morgan fingerprint density at radius 3 is 2.42 bits per heavy atom. The summed E-state index contributed by atoms with van der Waals surface area (Å²) in [6.07, 6.45) is 7.28. The van der Waals surface area contributed by atoms with Gasteiger partial charge in [-0.1, -0.05) is 47.7 Å². The minimum atomic E-state index is -0.613. The summed E-state index contributed by atoms with van der Waals surface area (Å²) in [6.45, 7) is 8.30. The number of hydrogen-bond donors (Lipinski definition) is 1. The van der Waals surface area contributed by atoms with Crippen molar-refractivity contribution in [1.82, 2.24) is 24.9 Å². The first-order valence-corrected chi connectivity index (χ1v) is 20.5. The molecule has 11 heteroatoms. The van der Waals surface area contributed by atoms with Gasteiger partial charge in [-0.25, -0.2) is 0 Å². The van der Waals surface area contributed by atoms with E-state index in [0.29, 0.717) is 53.2 Å². The van der Waals surface area contributed by atoms with E-state index in [9.17, 15) is 19.6 Å². The van der Waals surface area contributed by atoms with Crippen molar-refractivity contribution in [3.63, 3.8) is 0 Å². The molecule has 3 amide bonds. The molecule has 292 valence electrons. The molecule has 4 aromatic rings. The molecule has 3 fully saturated rings. The van der Waals surface area contributed by atoms with Gasteiger partial charge in [-0.05, 0) is 118 Å². The number of carbonyl (C=O) groups is 3. The van der Waals surface area contributed by atoms with Gasteiger partial charge in [-0.2, -0.15) is 10.4 Å². The van der Waals surface area contributed by atoms with Gasteiger partial charge in [0.15, 0.2) is 0 Å². The molecule has 3 aromatic carbocycles. The summed E-state index contributed by atoms with van der Waals surface area (Å²) in [4.78, 5) is 41.4. The van der Waals surface area contributed by atoms with Crippen molar-refractivity contribution in [2.24, 2.45) is 11.8 Å². The molecular formula is C46H47ClN6O4. The van der Waals surface area contributed by atoms with Crippen molar-refractivity contribution >= 4 is 29.3 Å². The number of amides is 3. The first kappa shape index (κ1) is 38.5. The first-order valence-electron chi connectivity index (χ1n) is 20.1. The average Bonchev–Trinajstić information content (AvgIpc) is 3.69. The summed E-state index contributed by atoms with van der Waals surface area (Å²) in [5, 5.41) is 16.9. The Balaban J connectivity index is 0.767. The molecule has 0 radical (unpaired) electrons. The number of fused-ring (bicyclic) bond motifs is 1. The molecule has 1 aromatic heterocycles. The standard InChI is InChI=1S/C46H47ClN6O4/c1-29-30(2)53(50-44(29)35-13-14-36(25-48)41(47)23-35)27-34-11-7-32(8-12-34)4-3-31-5-9-33(10-6-31)26-51-21-19-38(20-22-51)57-39-16-15-37-28-52(46(56)40(37)24-39)42-17-18-43(54)49-45(42)55/h7-8,11-16,23-24,31,33,38,42H,5-6,9-10,17-22,26-28H2,1-2H3,(H,49,54,55). The van der Waals surface area contributed by atoms with E-state index in [0.717, 1.165) is 84.5 Å². The van der Waals surface area contributed by atoms with Crippen LogP contribution >= 0.6 is 11.6 Å². The molecule has 4 aliphatic rings. The summed E-state index contributed by atoms with van der Waals surface area (Å²) >= 11 is 6.31. The number of benzene rings is 3. The Morgan fingerprint density at radius 2 is 1.70 bits per heavy atom. The minimum absolute atomic E-state index is 0.106. The van der Waals surface area contributed by atoms with Gasteiger partial charge in [-0.3, -0.25) is 24.4 Å². The van der Waals surface area contributed by atoms with Crippen molar-refractivity contribution in [1.29, 1.82) is 5.26 Å². The van der Waals surface area contributed by atoms with Crippen LogP contribution in [0.25, 0.3) is 11.3 Å². The van der Waals surface area contributed by atoms with Gasteiger partial charge in [0.2, 0.25) is 11.8 Å². The van der Waals surface area contributed by atoms with Gasteiger partial charge >= 0.3 is 0 Å². The molecule has 0 bridgehead atoms. The summed E-state index contributed by atoms with van der Waals surface area (Å²) in [5.41, 5.74) is 8.10. The number of rotatable bonds is 8. The topological polar surface area (TPSA) is 121 Å². The highest BCUT2D eigenvalue weighted by Crippen LogP contribution is 2.33. The molecule has 4 heterocycles. The Hall–Kier alpha value is -5.42. The van der Waals surface area contributed by atoms with Crippen molar-refractivity contribution < 1.29 is 19.1 Å². The van der Waals surface area contributed by atoms with Crippen LogP contribution < -0.4 is 10.1 Å². The molecular weight excluding hydrogens is 736 g/mol. The van der Waals surface area contributed by atoms with E-state index in [1.165, 1.54) is 12.8 Å². The van der Waals surface area contributed by atoms with E-state index >= 15 is 0 Å². The Kier molecular flexibility index (Phi) is 11.2. The number of likely N-dealkylation sites (tertiary alicyclic amines) is 1. The largest absolute Gasteiger partial charge is 0.490 e. The zero-order valence-electron chi connectivity index (χ0n) is 32.5. The highest BCUT2D eigenvalue weighted by molar-refractivity contribution is 6.32. The maximum atomic E-state index is 13.2. The van der Waals surface area contributed by atoms with E-state index in [-0.39, 0.29) is 24.3 Å². The average molecular weight is 783 g/mol. The normalized spacial score (nSPS) is 21.4. The number of aromatic nitrogens is 2. The summed E-state index contributed by atoms with van der Waals surface area (Å²) in [5.74, 6) is 7.98. The SMILES string of the molecule is Cc1c(-c2ccc(C#N)c(Cl)c2)nn(Cc2ccc(C#CC3CCC(CN4CCC(Oc5ccc6c(c5)C(=O)N(C5CCC(=O)NC5=O)C6)CC4)CC3)cc2)c1C. The highest BCUT2D eigenvalue weighted by Gasteiger charge is 2.39. The van der Waals surface area contributed by atoms with Crippen LogP contribution in [0.4, 0.5) is 0 Å². The maximum Gasteiger partial charge on any atom is 0.255 e. The zero-order valence-corrected chi connectivity index (χ0v) is 33.3. The van der Waals surface area contributed by atoms with E-state index in [1.54, 1.807) is 11.0 Å². The zero-order chi connectivity index (χ0) is 39.6. The van der Waals surface area contributed by atoms with Crippen LogP contribution in [-0.4, -0.2) is 69.1 Å². The van der Waals surface area contributed by atoms with E-state index in [4.69, 9.17) is 21.4 Å². The molecule has 1 unspecified atom stereocenters. The van der Waals surface area contributed by atoms with E-state index in [2.05, 4.69) is 66.2 Å². The number of nitrogens with zero attached hydrogens (tertiary/aromatic N) is 5. The van der Waals surface area contributed by atoms with Gasteiger partial charge in [-0.15, -0.1) is 0 Å². The van der Waals surface area contributed by atoms with Gasteiger partial charge in [0.05, 0.1) is 22.8 Å². The van der Waals surface area contributed by atoms with Crippen molar-refractivity contribution in [3.8, 4) is 34.9 Å². The van der Waals surface area contributed by atoms with Crippen LogP contribution in [-0.2, 0) is 22.7 Å². The number of halogens is 1. The molecule has 1 saturated carbocycles. The molecule has 8 rings (SSSR count). The third-order valence-electron chi connectivity index (χ3n) is 12.3. The fourth-order valence-corrected chi connectivity index (χ4v) is 8.96. The smallest absolute Gasteiger partial charge is 0.255 e. The minimum Gasteiger partial charge on any atom is -0.490 e. The second kappa shape index (κ2) is 16.6. The predicted molar refractivity (Wildman–Crippen MR) is 217 cm³/mol. The number of hydrogen-bond acceptors (Lipinski definition) is 7. The fourth-order valence-electron chi connectivity index (χ4n) is 8.73. The quantitative estimate of drug-likeness (QED) is 0.148. The monoisotopic (exact) mass is 782 g/mol. The third-order valence-corrected chi connectivity index (χ3v) is 12.6. The lowest BCUT2D eigenvalue weighted by atomic mass is 9.81. The number of imide groups is 1. The van der Waals surface area contributed by atoms with Gasteiger partial charge in [0, 0.05) is 60.9 Å². The maximum absolute atomic E-state index is 13.2. The predicted octanol–water partition coefficient (Wildman–Crippen LogP) is 7.20. The van der Waals surface area contributed by atoms with Gasteiger partial charge in [0.1, 0.15) is 24.0 Å². The van der Waals surface area contributed by atoms with Crippen molar-refractivity contribution in [3.05, 3.63) is 105 Å². The van der Waals surface area contributed by atoms with E-state index < -0.39 is 11.9 Å². The molecule has 1 aliphatic carbocycles. The van der Waals surface area contributed by atoms with Crippen molar-refractivity contribution in [2.75, 3.05) is 19.6 Å². The molecule has 0 spiro atoms. The summed E-state index contributed by atoms with van der Waals surface area (Å²) in [6, 6.07) is 21.1. The lowest BCUT2D eigenvalue weighted by Gasteiger charge is -2.36. The molecule has 1 N–H and O–H groups in total. The lowest BCUT2D eigenvalue weighted by molar-refractivity contribution is -0.136. The number of piperidine rings is 2. The van der Waals surface area contributed by atoms with Crippen molar-refractivity contribution in [2.45, 2.75) is 90.4 Å². The van der Waals surface area contributed by atoms with E-state index in [1.807, 2.05) is 35.0 Å². The highest BCUT2D eigenvalue weighted by atomic mass is 35.5. The second-order valence-corrected chi connectivity index (χ2v) is 16.5. The number of ether oxygens (including phenoxy) is 1. The number of carbonyl (C=O) groups excluding carboxylic acids is 3.